The van der Waals surface area contributed by atoms with Gasteiger partial charge in [-0.2, -0.15) is 0 Å². The zero-order valence-corrected chi connectivity index (χ0v) is 18.9. The van der Waals surface area contributed by atoms with Crippen LogP contribution in [-0.4, -0.2) is 10.2 Å². The Morgan fingerprint density at radius 3 is 1.39 bits per heavy atom. The highest BCUT2D eigenvalue weighted by molar-refractivity contribution is 5.50. The molecular formula is C31H30O2. The number of hydrogen-bond acceptors (Lipinski definition) is 2. The van der Waals surface area contributed by atoms with E-state index >= 15 is 0 Å². The Hall–Kier alpha value is -3.52. The number of benzene rings is 4. The molecule has 0 heterocycles. The largest absolute Gasteiger partial charge is 0.508 e. The first-order valence-corrected chi connectivity index (χ1v) is 11.9. The smallest absolute Gasteiger partial charge is 0.119 e. The van der Waals surface area contributed by atoms with Crippen LogP contribution in [-0.2, 0) is 18.3 Å². The first kappa shape index (κ1) is 21.3. The minimum absolute atomic E-state index is 0.0850. The van der Waals surface area contributed by atoms with E-state index in [-0.39, 0.29) is 5.41 Å². The molecule has 0 bridgehead atoms. The molecular weight excluding hydrogens is 404 g/mol. The minimum Gasteiger partial charge on any atom is -0.508 e. The Kier molecular flexibility index (Phi) is 5.92. The molecule has 0 atom stereocenters. The molecule has 1 aliphatic carbocycles. The van der Waals surface area contributed by atoms with Crippen LogP contribution in [0.4, 0.5) is 0 Å². The van der Waals surface area contributed by atoms with Crippen molar-refractivity contribution in [3.63, 3.8) is 0 Å². The maximum absolute atomic E-state index is 10.6. The Balaban J connectivity index is 1.53. The summed E-state index contributed by atoms with van der Waals surface area (Å²) in [6.07, 6.45) is 5.96. The molecule has 0 aliphatic heterocycles. The molecule has 2 N–H and O–H groups in total. The van der Waals surface area contributed by atoms with Crippen LogP contribution in [0, 0.1) is 0 Å². The molecule has 4 aromatic rings. The molecule has 2 nitrogen and oxygen atoms in total. The van der Waals surface area contributed by atoms with Crippen LogP contribution < -0.4 is 0 Å². The summed E-state index contributed by atoms with van der Waals surface area (Å²) in [5, 5.41) is 21.2. The zero-order valence-electron chi connectivity index (χ0n) is 18.9. The highest BCUT2D eigenvalue weighted by Crippen LogP contribution is 2.48. The maximum atomic E-state index is 10.6. The van der Waals surface area contributed by atoms with E-state index in [1.54, 1.807) is 0 Å². The van der Waals surface area contributed by atoms with E-state index in [2.05, 4.69) is 48.5 Å². The average molecular weight is 435 g/mol. The van der Waals surface area contributed by atoms with E-state index in [0.29, 0.717) is 24.3 Å². The maximum Gasteiger partial charge on any atom is 0.119 e. The molecule has 0 saturated heterocycles. The molecule has 1 fully saturated rings. The second-order valence-electron chi connectivity index (χ2n) is 9.30. The fourth-order valence-corrected chi connectivity index (χ4v) is 5.40. The van der Waals surface area contributed by atoms with Gasteiger partial charge in [0.05, 0.1) is 0 Å². The molecule has 0 amide bonds. The van der Waals surface area contributed by atoms with Gasteiger partial charge in [0, 0.05) is 18.3 Å². The predicted octanol–water partition coefficient (Wildman–Crippen LogP) is 7.14. The van der Waals surface area contributed by atoms with Crippen LogP contribution in [0.25, 0.3) is 0 Å². The van der Waals surface area contributed by atoms with Crippen molar-refractivity contribution >= 4 is 0 Å². The lowest BCUT2D eigenvalue weighted by atomic mass is 9.72. The standard InChI is InChI=1S/C31H30O2/c32-29-15-13-27(21-25(29)19-23-9-3-1-4-10-23)31(17-7-8-18-31)28-14-16-30(33)26(22-28)20-24-11-5-2-6-12-24/h1-6,9-16,21-22,32-33H,7-8,17-20H2. The summed E-state index contributed by atoms with van der Waals surface area (Å²) in [7, 11) is 0. The van der Waals surface area contributed by atoms with Gasteiger partial charge in [-0.25, -0.2) is 0 Å². The van der Waals surface area contributed by atoms with Crippen LogP contribution in [0.15, 0.2) is 97.1 Å². The summed E-state index contributed by atoms with van der Waals surface area (Å²) in [6, 6.07) is 32.9. The van der Waals surface area contributed by atoms with E-state index in [9.17, 15) is 10.2 Å². The van der Waals surface area contributed by atoms with Gasteiger partial charge in [-0.05, 0) is 58.4 Å². The predicted molar refractivity (Wildman–Crippen MR) is 134 cm³/mol. The van der Waals surface area contributed by atoms with Gasteiger partial charge >= 0.3 is 0 Å². The molecule has 4 aromatic carbocycles. The van der Waals surface area contributed by atoms with Gasteiger partial charge in [0.25, 0.3) is 0 Å². The second-order valence-corrected chi connectivity index (χ2v) is 9.30. The molecule has 0 unspecified atom stereocenters. The third kappa shape index (κ3) is 4.39. The lowest BCUT2D eigenvalue weighted by molar-refractivity contribution is 0.465. The Bertz CT molecular complexity index is 1130. The zero-order chi connectivity index (χ0) is 22.7. The van der Waals surface area contributed by atoms with Crippen LogP contribution in [0.3, 0.4) is 0 Å². The van der Waals surface area contributed by atoms with Crippen molar-refractivity contribution in [1.82, 2.24) is 0 Å². The van der Waals surface area contributed by atoms with E-state index in [4.69, 9.17) is 0 Å². The summed E-state index contributed by atoms with van der Waals surface area (Å²) >= 11 is 0. The highest BCUT2D eigenvalue weighted by Gasteiger charge is 2.38. The summed E-state index contributed by atoms with van der Waals surface area (Å²) in [5.74, 6) is 0.706. The van der Waals surface area contributed by atoms with Crippen molar-refractivity contribution in [1.29, 1.82) is 0 Å². The van der Waals surface area contributed by atoms with Gasteiger partial charge in [-0.1, -0.05) is 97.8 Å². The van der Waals surface area contributed by atoms with Gasteiger partial charge in [0.1, 0.15) is 11.5 Å². The number of phenolic OH excluding ortho intramolecular Hbond substituents is 2. The molecule has 166 valence electrons. The molecule has 1 aliphatic rings. The molecule has 33 heavy (non-hydrogen) atoms. The van der Waals surface area contributed by atoms with Crippen molar-refractivity contribution in [3.05, 3.63) is 130 Å². The van der Waals surface area contributed by atoms with Gasteiger partial charge in [-0.3, -0.25) is 0 Å². The van der Waals surface area contributed by atoms with Gasteiger partial charge in [0.15, 0.2) is 0 Å². The van der Waals surface area contributed by atoms with E-state index < -0.39 is 0 Å². The number of hydrogen-bond donors (Lipinski definition) is 2. The third-order valence-electron chi connectivity index (χ3n) is 7.20. The first-order valence-electron chi connectivity index (χ1n) is 11.9. The van der Waals surface area contributed by atoms with Gasteiger partial charge < -0.3 is 10.2 Å². The Morgan fingerprint density at radius 1 is 0.545 bits per heavy atom. The van der Waals surface area contributed by atoms with E-state index in [0.717, 1.165) is 24.0 Å². The SMILES string of the molecule is Oc1ccc(C2(c3ccc(O)c(Cc4ccccc4)c3)CCCC2)cc1Cc1ccccc1. The lowest BCUT2D eigenvalue weighted by Gasteiger charge is -2.32. The van der Waals surface area contributed by atoms with Crippen molar-refractivity contribution in [2.45, 2.75) is 43.9 Å². The summed E-state index contributed by atoms with van der Waals surface area (Å²) in [4.78, 5) is 0. The number of aromatic hydroxyl groups is 2. The van der Waals surface area contributed by atoms with Crippen LogP contribution >= 0.6 is 0 Å². The molecule has 1 saturated carbocycles. The molecule has 0 radical (unpaired) electrons. The fraction of sp³-hybridized carbons (Fsp3) is 0.226. The summed E-state index contributed by atoms with van der Waals surface area (Å²) < 4.78 is 0. The van der Waals surface area contributed by atoms with Crippen LogP contribution in [0.2, 0.25) is 0 Å². The fourth-order valence-electron chi connectivity index (χ4n) is 5.40. The van der Waals surface area contributed by atoms with Crippen LogP contribution in [0.5, 0.6) is 11.5 Å². The summed E-state index contributed by atoms with van der Waals surface area (Å²) in [5.41, 5.74) is 6.76. The van der Waals surface area contributed by atoms with Crippen molar-refractivity contribution in [2.75, 3.05) is 0 Å². The third-order valence-corrected chi connectivity index (χ3v) is 7.20. The van der Waals surface area contributed by atoms with Gasteiger partial charge in [-0.15, -0.1) is 0 Å². The van der Waals surface area contributed by atoms with Crippen molar-refractivity contribution in [2.24, 2.45) is 0 Å². The van der Waals surface area contributed by atoms with Crippen molar-refractivity contribution in [3.8, 4) is 11.5 Å². The molecule has 2 heteroatoms. The average Bonchev–Trinajstić information content (AvgIpc) is 3.34. The van der Waals surface area contributed by atoms with E-state index in [1.807, 2.05) is 48.5 Å². The number of phenols is 2. The summed E-state index contributed by atoms with van der Waals surface area (Å²) in [6.45, 7) is 0. The normalized spacial score (nSPS) is 14.9. The minimum atomic E-state index is -0.0850. The molecule has 5 rings (SSSR count). The highest BCUT2D eigenvalue weighted by atomic mass is 16.3. The second kappa shape index (κ2) is 9.15. The van der Waals surface area contributed by atoms with E-state index in [1.165, 1.54) is 35.1 Å². The number of rotatable bonds is 6. The lowest BCUT2D eigenvalue weighted by Crippen LogP contribution is -2.24. The Morgan fingerprint density at radius 2 is 0.970 bits per heavy atom. The first-order chi connectivity index (χ1) is 16.1. The molecule has 0 aromatic heterocycles. The Labute approximate surface area is 196 Å². The quantitative estimate of drug-likeness (QED) is 0.339. The van der Waals surface area contributed by atoms with Gasteiger partial charge in [0.2, 0.25) is 0 Å². The van der Waals surface area contributed by atoms with Crippen molar-refractivity contribution < 1.29 is 10.2 Å². The molecule has 0 spiro atoms. The topological polar surface area (TPSA) is 40.5 Å². The monoisotopic (exact) mass is 434 g/mol. The van der Waals surface area contributed by atoms with Crippen LogP contribution in [0.1, 0.15) is 59.1 Å².